The summed E-state index contributed by atoms with van der Waals surface area (Å²) in [5.41, 5.74) is 3.71. The van der Waals surface area contributed by atoms with Crippen molar-refractivity contribution >= 4 is 6.09 Å². The van der Waals surface area contributed by atoms with Gasteiger partial charge in [-0.3, -0.25) is 4.84 Å². The molecule has 23 heavy (non-hydrogen) atoms. The molecule has 2 rings (SSSR count). The van der Waals surface area contributed by atoms with E-state index in [1.807, 2.05) is 30.3 Å². The highest BCUT2D eigenvalue weighted by atomic mass is 16.7. The Morgan fingerprint density at radius 2 is 2.00 bits per heavy atom. The number of carboxylic acid groups (broad SMARTS) is 1. The molecule has 0 aromatic heterocycles. The number of hydroxylamine groups is 1. The third kappa shape index (κ3) is 6.54. The van der Waals surface area contributed by atoms with Crippen molar-refractivity contribution in [3.8, 4) is 0 Å². The summed E-state index contributed by atoms with van der Waals surface area (Å²) in [4.78, 5) is 16.4. The maximum atomic E-state index is 10.9. The summed E-state index contributed by atoms with van der Waals surface area (Å²) in [6.07, 6.45) is 0.0404. The molecule has 1 heterocycles. The molecule has 1 amide bonds. The molecule has 0 saturated carbocycles. The lowest BCUT2D eigenvalue weighted by molar-refractivity contribution is -0.0874. The molecule has 7 heteroatoms. The molecule has 1 aromatic rings. The Balaban J connectivity index is 1.80. The van der Waals surface area contributed by atoms with Gasteiger partial charge >= 0.3 is 6.09 Å². The topological polar surface area (TPSA) is 100 Å². The highest BCUT2D eigenvalue weighted by Gasteiger charge is 2.22. The maximum absolute atomic E-state index is 10.9. The Bertz CT molecular complexity index is 465. The third-order valence-corrected chi connectivity index (χ3v) is 3.78. The summed E-state index contributed by atoms with van der Waals surface area (Å²) >= 11 is 0. The summed E-state index contributed by atoms with van der Waals surface area (Å²) in [7, 11) is 0. The number of hydrogen-bond donors (Lipinski definition) is 4. The van der Waals surface area contributed by atoms with Crippen LogP contribution >= 0.6 is 0 Å². The second-order valence-electron chi connectivity index (χ2n) is 5.59. The Hall–Kier alpha value is -1.67. The maximum Gasteiger partial charge on any atom is 0.404 e. The fraction of sp³-hybridized carbons (Fsp3) is 0.562. The number of benzene rings is 1. The number of aliphatic hydroxyl groups excluding tert-OH is 1. The molecule has 7 nitrogen and oxygen atoms in total. The van der Waals surface area contributed by atoms with Gasteiger partial charge < -0.3 is 20.3 Å². The molecular weight excluding hydrogens is 300 g/mol. The van der Waals surface area contributed by atoms with Crippen LogP contribution in [0.5, 0.6) is 0 Å². The van der Waals surface area contributed by atoms with Gasteiger partial charge in [-0.15, -0.1) is 0 Å². The van der Waals surface area contributed by atoms with Crippen molar-refractivity contribution in [3.63, 3.8) is 0 Å². The molecule has 1 aliphatic rings. The molecule has 0 unspecified atom stereocenters. The predicted octanol–water partition coefficient (Wildman–Crippen LogP) is 0.926. The zero-order valence-electron chi connectivity index (χ0n) is 13.0. The van der Waals surface area contributed by atoms with Gasteiger partial charge in [0, 0.05) is 19.8 Å². The van der Waals surface area contributed by atoms with E-state index < -0.39 is 18.2 Å². The zero-order valence-corrected chi connectivity index (χ0v) is 13.0. The minimum Gasteiger partial charge on any atom is -0.465 e. The van der Waals surface area contributed by atoms with E-state index in [0.29, 0.717) is 19.6 Å². The van der Waals surface area contributed by atoms with Gasteiger partial charge in [-0.05, 0) is 24.8 Å². The molecule has 4 N–H and O–H groups in total. The number of amides is 1. The van der Waals surface area contributed by atoms with E-state index in [1.165, 1.54) is 0 Å². The van der Waals surface area contributed by atoms with Crippen molar-refractivity contribution in [2.75, 3.05) is 19.8 Å². The SMILES string of the molecule is O=C(O)N[C@@H](Cc1ccccc1)[C@@H](O)CNOC1CCOCC1. The first kappa shape index (κ1) is 17.7. The van der Waals surface area contributed by atoms with E-state index in [9.17, 15) is 9.90 Å². The second kappa shape index (κ2) is 9.46. The van der Waals surface area contributed by atoms with Gasteiger partial charge in [0.05, 0.1) is 18.2 Å². The van der Waals surface area contributed by atoms with E-state index in [-0.39, 0.29) is 12.6 Å². The number of rotatable bonds is 8. The largest absolute Gasteiger partial charge is 0.465 e. The van der Waals surface area contributed by atoms with Gasteiger partial charge in [-0.25, -0.2) is 4.79 Å². The van der Waals surface area contributed by atoms with Gasteiger partial charge in [0.25, 0.3) is 0 Å². The third-order valence-electron chi connectivity index (χ3n) is 3.78. The molecule has 0 spiro atoms. The van der Waals surface area contributed by atoms with Crippen LogP contribution in [0.15, 0.2) is 30.3 Å². The highest BCUT2D eigenvalue weighted by Crippen LogP contribution is 2.10. The van der Waals surface area contributed by atoms with E-state index in [0.717, 1.165) is 18.4 Å². The van der Waals surface area contributed by atoms with Crippen LogP contribution in [0.1, 0.15) is 18.4 Å². The molecule has 128 valence electrons. The minimum absolute atomic E-state index is 0.0657. The van der Waals surface area contributed by atoms with E-state index in [4.69, 9.17) is 14.7 Å². The zero-order chi connectivity index (χ0) is 16.5. The summed E-state index contributed by atoms with van der Waals surface area (Å²) < 4.78 is 5.24. The standard InChI is InChI=1S/C16H24N2O5/c19-15(11-17-23-13-6-8-22-9-7-13)14(18-16(20)21)10-12-4-2-1-3-5-12/h1-5,13-15,17-19H,6-11H2,(H,20,21)/t14-,15-/m0/s1. The Morgan fingerprint density at radius 3 is 2.65 bits per heavy atom. The lowest BCUT2D eigenvalue weighted by Crippen LogP contribution is -2.48. The Kier molecular flexibility index (Phi) is 7.28. The quantitative estimate of drug-likeness (QED) is 0.531. The fourth-order valence-electron chi connectivity index (χ4n) is 2.50. The van der Waals surface area contributed by atoms with Crippen LogP contribution in [0.4, 0.5) is 4.79 Å². The fourth-order valence-corrected chi connectivity index (χ4v) is 2.50. The second-order valence-corrected chi connectivity index (χ2v) is 5.59. The first-order chi connectivity index (χ1) is 11.1. The van der Waals surface area contributed by atoms with Gasteiger partial charge in [0.1, 0.15) is 0 Å². The number of aliphatic hydroxyl groups is 1. The van der Waals surface area contributed by atoms with Crippen molar-refractivity contribution in [3.05, 3.63) is 35.9 Å². The van der Waals surface area contributed by atoms with E-state index in [2.05, 4.69) is 10.8 Å². The first-order valence-corrected chi connectivity index (χ1v) is 7.83. The van der Waals surface area contributed by atoms with E-state index >= 15 is 0 Å². The highest BCUT2D eigenvalue weighted by molar-refractivity contribution is 5.65. The first-order valence-electron chi connectivity index (χ1n) is 7.83. The number of carbonyl (C=O) groups is 1. The van der Waals surface area contributed by atoms with Crippen LogP contribution in [0.2, 0.25) is 0 Å². The van der Waals surface area contributed by atoms with Gasteiger partial charge in [0.15, 0.2) is 0 Å². The summed E-state index contributed by atoms with van der Waals surface area (Å²) in [6.45, 7) is 1.49. The summed E-state index contributed by atoms with van der Waals surface area (Å²) in [6, 6.07) is 8.84. The lowest BCUT2D eigenvalue weighted by atomic mass is 10.0. The Labute approximate surface area is 135 Å². The molecule has 2 atom stereocenters. The number of nitrogens with one attached hydrogen (secondary N) is 2. The molecular formula is C16H24N2O5. The van der Waals surface area contributed by atoms with Crippen LogP contribution in [-0.4, -0.2) is 54.3 Å². The van der Waals surface area contributed by atoms with Crippen molar-refractivity contribution in [2.45, 2.75) is 37.5 Å². The minimum atomic E-state index is -1.16. The summed E-state index contributed by atoms with van der Waals surface area (Å²) in [5.74, 6) is 0. The van der Waals surface area contributed by atoms with Crippen LogP contribution in [-0.2, 0) is 16.0 Å². The van der Waals surface area contributed by atoms with Crippen molar-refractivity contribution in [2.24, 2.45) is 0 Å². The molecule has 0 aliphatic carbocycles. The number of hydrogen-bond acceptors (Lipinski definition) is 5. The number of ether oxygens (including phenoxy) is 1. The average Bonchev–Trinajstić information content (AvgIpc) is 2.56. The molecule has 1 saturated heterocycles. The molecule has 0 radical (unpaired) electrons. The van der Waals surface area contributed by atoms with Crippen LogP contribution < -0.4 is 10.8 Å². The van der Waals surface area contributed by atoms with Gasteiger partial charge in [-0.1, -0.05) is 30.3 Å². The molecule has 1 fully saturated rings. The van der Waals surface area contributed by atoms with Crippen LogP contribution in [0.25, 0.3) is 0 Å². The Morgan fingerprint density at radius 1 is 1.30 bits per heavy atom. The average molecular weight is 324 g/mol. The van der Waals surface area contributed by atoms with Crippen molar-refractivity contribution < 1.29 is 24.6 Å². The van der Waals surface area contributed by atoms with Crippen molar-refractivity contribution in [1.82, 2.24) is 10.8 Å². The molecule has 1 aromatic carbocycles. The molecule has 1 aliphatic heterocycles. The van der Waals surface area contributed by atoms with Crippen molar-refractivity contribution in [1.29, 1.82) is 0 Å². The summed E-state index contributed by atoms with van der Waals surface area (Å²) in [5, 5.41) is 21.6. The molecule has 0 bridgehead atoms. The monoisotopic (exact) mass is 324 g/mol. The lowest BCUT2D eigenvalue weighted by Gasteiger charge is -2.26. The van der Waals surface area contributed by atoms with Crippen LogP contribution in [0, 0.1) is 0 Å². The van der Waals surface area contributed by atoms with Gasteiger partial charge in [-0.2, -0.15) is 5.48 Å². The predicted molar refractivity (Wildman–Crippen MR) is 84.0 cm³/mol. The normalized spacial score (nSPS) is 18.3. The van der Waals surface area contributed by atoms with Gasteiger partial charge in [0.2, 0.25) is 0 Å². The van der Waals surface area contributed by atoms with E-state index in [1.54, 1.807) is 0 Å². The smallest absolute Gasteiger partial charge is 0.404 e. The van der Waals surface area contributed by atoms with Crippen LogP contribution in [0.3, 0.4) is 0 Å².